The molecule has 2 rings (SSSR count). The van der Waals surface area contributed by atoms with Crippen LogP contribution in [0.15, 0.2) is 24.3 Å². The maximum atomic E-state index is 11.8. The fourth-order valence-electron chi connectivity index (χ4n) is 2.31. The maximum absolute atomic E-state index is 11.8. The second-order valence-corrected chi connectivity index (χ2v) is 4.29. The first-order valence-corrected chi connectivity index (χ1v) is 5.71. The third-order valence-electron chi connectivity index (χ3n) is 3.46. The number of amides is 1. The Morgan fingerprint density at radius 3 is 2.35 bits per heavy atom. The molecule has 1 aliphatic rings. The molecule has 0 bridgehead atoms. The number of ether oxygens (including phenoxy) is 2. The molecule has 1 heterocycles. The summed E-state index contributed by atoms with van der Waals surface area (Å²) in [5.74, 6) is 0.506. The van der Waals surface area contributed by atoms with E-state index < -0.39 is 5.41 Å². The molecule has 2 N–H and O–H groups in total. The summed E-state index contributed by atoms with van der Waals surface area (Å²) in [4.78, 5) is 11.8. The van der Waals surface area contributed by atoms with Crippen molar-refractivity contribution in [1.29, 1.82) is 0 Å². The molecule has 4 heteroatoms. The minimum atomic E-state index is -0.579. The summed E-state index contributed by atoms with van der Waals surface area (Å²) in [5, 5.41) is 0. The molecule has 4 nitrogen and oxygen atoms in total. The number of rotatable bonds is 3. The summed E-state index contributed by atoms with van der Waals surface area (Å²) >= 11 is 0. The van der Waals surface area contributed by atoms with Crippen LogP contribution in [0.4, 0.5) is 0 Å². The van der Waals surface area contributed by atoms with E-state index in [2.05, 4.69) is 0 Å². The second-order valence-electron chi connectivity index (χ2n) is 4.29. The molecular formula is C13H17NO3. The zero-order valence-corrected chi connectivity index (χ0v) is 9.94. The van der Waals surface area contributed by atoms with E-state index in [1.54, 1.807) is 7.11 Å². The van der Waals surface area contributed by atoms with E-state index >= 15 is 0 Å². The fraction of sp³-hybridized carbons (Fsp3) is 0.462. The summed E-state index contributed by atoms with van der Waals surface area (Å²) in [6, 6.07) is 7.54. The number of nitrogens with two attached hydrogens (primary N) is 1. The van der Waals surface area contributed by atoms with Gasteiger partial charge in [0.25, 0.3) is 0 Å². The van der Waals surface area contributed by atoms with Crippen LogP contribution in [0.1, 0.15) is 18.4 Å². The number of benzene rings is 1. The summed E-state index contributed by atoms with van der Waals surface area (Å²) in [6.07, 6.45) is 1.29. The van der Waals surface area contributed by atoms with Gasteiger partial charge in [0.15, 0.2) is 0 Å². The Balaban J connectivity index is 2.34. The van der Waals surface area contributed by atoms with Crippen molar-refractivity contribution < 1.29 is 14.3 Å². The number of carbonyl (C=O) groups is 1. The number of carbonyl (C=O) groups excluding carboxylic acids is 1. The fourth-order valence-corrected chi connectivity index (χ4v) is 2.31. The first-order chi connectivity index (χ1) is 8.19. The molecule has 92 valence electrons. The van der Waals surface area contributed by atoms with Crippen molar-refractivity contribution in [2.24, 2.45) is 5.73 Å². The van der Waals surface area contributed by atoms with E-state index in [0.29, 0.717) is 26.1 Å². The van der Waals surface area contributed by atoms with Gasteiger partial charge in [0.05, 0.1) is 12.5 Å². The SMILES string of the molecule is COc1ccc(C2(C(N)=O)CCOCC2)cc1. The van der Waals surface area contributed by atoms with Gasteiger partial charge in [0.2, 0.25) is 5.91 Å². The van der Waals surface area contributed by atoms with Crippen LogP contribution in [-0.4, -0.2) is 26.2 Å². The third kappa shape index (κ3) is 2.13. The monoisotopic (exact) mass is 235 g/mol. The molecule has 0 aliphatic carbocycles. The van der Waals surface area contributed by atoms with Gasteiger partial charge in [-0.2, -0.15) is 0 Å². The molecule has 0 radical (unpaired) electrons. The number of hydrogen-bond donors (Lipinski definition) is 1. The first-order valence-electron chi connectivity index (χ1n) is 5.71. The third-order valence-corrected chi connectivity index (χ3v) is 3.46. The van der Waals surface area contributed by atoms with Crippen LogP contribution in [0.25, 0.3) is 0 Å². The Bertz CT molecular complexity index is 394. The maximum Gasteiger partial charge on any atom is 0.228 e. The average molecular weight is 235 g/mol. The molecule has 0 aromatic heterocycles. The van der Waals surface area contributed by atoms with Gasteiger partial charge in [-0.15, -0.1) is 0 Å². The Hall–Kier alpha value is -1.55. The lowest BCUT2D eigenvalue weighted by Crippen LogP contribution is -2.45. The minimum Gasteiger partial charge on any atom is -0.497 e. The normalized spacial score (nSPS) is 18.6. The predicted molar refractivity (Wildman–Crippen MR) is 63.9 cm³/mol. The molecule has 1 aromatic rings. The van der Waals surface area contributed by atoms with Crippen molar-refractivity contribution in [3.8, 4) is 5.75 Å². The second kappa shape index (κ2) is 4.75. The van der Waals surface area contributed by atoms with E-state index in [9.17, 15) is 4.79 Å². The minimum absolute atomic E-state index is 0.272. The van der Waals surface area contributed by atoms with Crippen LogP contribution < -0.4 is 10.5 Å². The highest BCUT2D eigenvalue weighted by Gasteiger charge is 2.40. The smallest absolute Gasteiger partial charge is 0.228 e. The highest BCUT2D eigenvalue weighted by molar-refractivity contribution is 5.86. The molecule has 0 saturated carbocycles. The lowest BCUT2D eigenvalue weighted by atomic mass is 9.73. The predicted octanol–water partition coefficient (Wildman–Crippen LogP) is 1.23. The van der Waals surface area contributed by atoms with E-state index in [-0.39, 0.29) is 5.91 Å². The van der Waals surface area contributed by atoms with Gasteiger partial charge in [-0.1, -0.05) is 12.1 Å². The van der Waals surface area contributed by atoms with Crippen molar-refractivity contribution in [2.75, 3.05) is 20.3 Å². The molecule has 1 fully saturated rings. The van der Waals surface area contributed by atoms with Gasteiger partial charge in [-0.05, 0) is 30.5 Å². The van der Waals surface area contributed by atoms with Crippen molar-refractivity contribution >= 4 is 5.91 Å². The van der Waals surface area contributed by atoms with Crippen LogP contribution >= 0.6 is 0 Å². The highest BCUT2D eigenvalue weighted by Crippen LogP contribution is 2.35. The van der Waals surface area contributed by atoms with Gasteiger partial charge in [-0.25, -0.2) is 0 Å². The van der Waals surface area contributed by atoms with Gasteiger partial charge < -0.3 is 15.2 Å². The summed E-state index contributed by atoms with van der Waals surface area (Å²) in [5.41, 5.74) is 5.95. The molecule has 17 heavy (non-hydrogen) atoms. The zero-order chi connectivity index (χ0) is 12.3. The van der Waals surface area contributed by atoms with E-state index in [1.807, 2.05) is 24.3 Å². The van der Waals surface area contributed by atoms with Crippen molar-refractivity contribution in [2.45, 2.75) is 18.3 Å². The van der Waals surface area contributed by atoms with Crippen molar-refractivity contribution in [1.82, 2.24) is 0 Å². The van der Waals surface area contributed by atoms with Crippen LogP contribution in [-0.2, 0) is 14.9 Å². The summed E-state index contributed by atoms with van der Waals surface area (Å²) in [6.45, 7) is 1.16. The van der Waals surface area contributed by atoms with E-state index in [4.69, 9.17) is 15.2 Å². The number of methoxy groups -OCH3 is 1. The zero-order valence-electron chi connectivity index (χ0n) is 9.94. The summed E-state index contributed by atoms with van der Waals surface area (Å²) in [7, 11) is 1.62. The van der Waals surface area contributed by atoms with Crippen LogP contribution in [0.5, 0.6) is 5.75 Å². The molecule has 1 amide bonds. The largest absolute Gasteiger partial charge is 0.497 e. The molecule has 1 saturated heterocycles. The molecule has 0 atom stereocenters. The molecule has 0 spiro atoms. The number of primary amides is 1. The van der Waals surface area contributed by atoms with Crippen molar-refractivity contribution in [3.05, 3.63) is 29.8 Å². The van der Waals surface area contributed by atoms with E-state index in [1.165, 1.54) is 0 Å². The topological polar surface area (TPSA) is 61.5 Å². The molecular weight excluding hydrogens is 218 g/mol. The summed E-state index contributed by atoms with van der Waals surface area (Å²) < 4.78 is 10.4. The lowest BCUT2D eigenvalue weighted by Gasteiger charge is -2.34. The molecule has 0 unspecified atom stereocenters. The number of hydrogen-bond acceptors (Lipinski definition) is 3. The van der Waals surface area contributed by atoms with Gasteiger partial charge >= 0.3 is 0 Å². The van der Waals surface area contributed by atoms with Crippen molar-refractivity contribution in [3.63, 3.8) is 0 Å². The quantitative estimate of drug-likeness (QED) is 0.857. The van der Waals surface area contributed by atoms with Gasteiger partial charge in [0, 0.05) is 13.2 Å². The highest BCUT2D eigenvalue weighted by atomic mass is 16.5. The Morgan fingerprint density at radius 1 is 1.29 bits per heavy atom. The Kier molecular flexibility index (Phi) is 3.33. The first kappa shape index (κ1) is 11.9. The molecule has 1 aliphatic heterocycles. The lowest BCUT2D eigenvalue weighted by molar-refractivity contribution is -0.127. The van der Waals surface area contributed by atoms with Crippen LogP contribution in [0.3, 0.4) is 0 Å². The molecule has 1 aromatic carbocycles. The average Bonchev–Trinajstić information content (AvgIpc) is 2.39. The van der Waals surface area contributed by atoms with Crippen LogP contribution in [0.2, 0.25) is 0 Å². The van der Waals surface area contributed by atoms with E-state index in [0.717, 1.165) is 11.3 Å². The van der Waals surface area contributed by atoms with Gasteiger partial charge in [0.1, 0.15) is 5.75 Å². The Morgan fingerprint density at radius 2 is 1.88 bits per heavy atom. The van der Waals surface area contributed by atoms with Crippen LogP contribution in [0, 0.1) is 0 Å². The Labute approximate surface area is 101 Å². The van der Waals surface area contributed by atoms with Gasteiger partial charge in [-0.3, -0.25) is 4.79 Å². The standard InChI is InChI=1S/C13H17NO3/c1-16-11-4-2-10(3-5-11)13(12(14)15)6-8-17-9-7-13/h2-5H,6-9H2,1H3,(H2,14,15).